The maximum atomic E-state index is 13.6. The zero-order chi connectivity index (χ0) is 32.6. The standard InChI is InChI=1S/C40H47N3O4/c1-4-46-40(47-5-2)33-16-10-29(11-17-33)27-41-35-18-19-37-34(26-35)22-25-43(37)39(44)32-14-12-30(13-15-32)28-42-23-20-31(21-24-42)36-8-6-7-9-38(36)45-3/h6-19,26,31,40-41H,4-5,20-25,27-28H2,1-3H3. The van der Waals surface area contributed by atoms with Crippen molar-refractivity contribution in [3.05, 3.63) is 124 Å². The van der Waals surface area contributed by atoms with Gasteiger partial charge in [0.1, 0.15) is 5.75 Å². The summed E-state index contributed by atoms with van der Waals surface area (Å²) in [4.78, 5) is 18.0. The summed E-state index contributed by atoms with van der Waals surface area (Å²) in [6.07, 6.45) is 2.77. The fourth-order valence-electron chi connectivity index (χ4n) is 6.84. The van der Waals surface area contributed by atoms with E-state index in [1.165, 1.54) is 22.3 Å². The van der Waals surface area contributed by atoms with Gasteiger partial charge in [0.2, 0.25) is 0 Å². The molecule has 0 radical (unpaired) electrons. The molecule has 1 fully saturated rings. The van der Waals surface area contributed by atoms with Crippen molar-refractivity contribution in [3.63, 3.8) is 0 Å². The van der Waals surface area contributed by atoms with Crippen LogP contribution in [0.25, 0.3) is 0 Å². The third-order valence-electron chi connectivity index (χ3n) is 9.38. The molecule has 6 rings (SSSR count). The Hall–Kier alpha value is -4.17. The van der Waals surface area contributed by atoms with Gasteiger partial charge in [-0.3, -0.25) is 9.69 Å². The van der Waals surface area contributed by atoms with Crippen LogP contribution in [0.2, 0.25) is 0 Å². The Balaban J connectivity index is 1.00. The molecule has 0 saturated carbocycles. The van der Waals surface area contributed by atoms with E-state index in [4.69, 9.17) is 14.2 Å². The van der Waals surface area contributed by atoms with Crippen LogP contribution in [0.1, 0.15) is 77.1 Å². The Labute approximate surface area is 279 Å². The van der Waals surface area contributed by atoms with Crippen molar-refractivity contribution in [3.8, 4) is 5.75 Å². The highest BCUT2D eigenvalue weighted by molar-refractivity contribution is 6.07. The van der Waals surface area contributed by atoms with Crippen LogP contribution in [0, 0.1) is 0 Å². The third-order valence-corrected chi connectivity index (χ3v) is 9.38. The van der Waals surface area contributed by atoms with Crippen LogP contribution in [0.15, 0.2) is 91.0 Å². The van der Waals surface area contributed by atoms with Crippen LogP contribution >= 0.6 is 0 Å². The lowest BCUT2D eigenvalue weighted by Crippen LogP contribution is -2.32. The molecule has 4 aromatic carbocycles. The second-order valence-electron chi connectivity index (χ2n) is 12.4. The summed E-state index contributed by atoms with van der Waals surface area (Å²) in [5, 5.41) is 3.55. The van der Waals surface area contributed by atoms with E-state index in [0.717, 1.165) is 67.1 Å². The Bertz CT molecular complexity index is 1610. The van der Waals surface area contributed by atoms with Crippen molar-refractivity contribution in [2.45, 2.75) is 58.4 Å². The second kappa shape index (κ2) is 15.6. The number of methoxy groups -OCH3 is 1. The first-order valence-corrected chi connectivity index (χ1v) is 17.0. The molecule has 0 aromatic heterocycles. The molecule has 246 valence electrons. The van der Waals surface area contributed by atoms with E-state index in [-0.39, 0.29) is 12.2 Å². The van der Waals surface area contributed by atoms with E-state index in [9.17, 15) is 4.79 Å². The van der Waals surface area contributed by atoms with Gasteiger partial charge in [0.25, 0.3) is 5.91 Å². The number of anilines is 2. The number of carbonyl (C=O) groups is 1. The molecular formula is C40H47N3O4. The first kappa shape index (κ1) is 32.8. The van der Waals surface area contributed by atoms with Crippen LogP contribution < -0.4 is 15.0 Å². The molecule has 1 N–H and O–H groups in total. The molecule has 0 atom stereocenters. The van der Waals surface area contributed by atoms with Crippen LogP contribution in [-0.4, -0.2) is 50.8 Å². The lowest BCUT2D eigenvalue weighted by Gasteiger charge is -2.32. The lowest BCUT2D eigenvalue weighted by molar-refractivity contribution is -0.140. The number of fused-ring (bicyclic) bond motifs is 1. The minimum absolute atomic E-state index is 0.0612. The highest BCUT2D eigenvalue weighted by Gasteiger charge is 2.26. The summed E-state index contributed by atoms with van der Waals surface area (Å²) in [6.45, 7) is 9.58. The van der Waals surface area contributed by atoms with Gasteiger partial charge in [0, 0.05) is 55.3 Å². The molecule has 2 aliphatic heterocycles. The predicted molar refractivity (Wildman–Crippen MR) is 188 cm³/mol. The largest absolute Gasteiger partial charge is 0.496 e. The first-order valence-electron chi connectivity index (χ1n) is 17.0. The number of piperidine rings is 1. The molecule has 0 aliphatic carbocycles. The summed E-state index contributed by atoms with van der Waals surface area (Å²) >= 11 is 0. The molecule has 1 amide bonds. The fourth-order valence-corrected chi connectivity index (χ4v) is 6.84. The maximum Gasteiger partial charge on any atom is 0.258 e. The van der Waals surface area contributed by atoms with Crippen LogP contribution in [-0.2, 0) is 29.0 Å². The number of para-hydroxylation sites is 1. The van der Waals surface area contributed by atoms with E-state index >= 15 is 0 Å². The molecule has 47 heavy (non-hydrogen) atoms. The molecule has 4 aromatic rings. The normalized spacial score (nSPS) is 15.2. The van der Waals surface area contributed by atoms with Crippen molar-refractivity contribution in [2.75, 3.05) is 50.2 Å². The van der Waals surface area contributed by atoms with Crippen LogP contribution in [0.3, 0.4) is 0 Å². The summed E-state index contributed by atoms with van der Waals surface area (Å²) in [7, 11) is 1.75. The van der Waals surface area contributed by atoms with Gasteiger partial charge in [-0.05, 0) is 111 Å². The van der Waals surface area contributed by atoms with Crippen molar-refractivity contribution in [2.24, 2.45) is 0 Å². The van der Waals surface area contributed by atoms with Crippen LogP contribution in [0.4, 0.5) is 11.4 Å². The highest BCUT2D eigenvalue weighted by Crippen LogP contribution is 2.35. The molecule has 7 heteroatoms. The Morgan fingerprint density at radius 1 is 0.851 bits per heavy atom. The topological polar surface area (TPSA) is 63.3 Å². The second-order valence-corrected chi connectivity index (χ2v) is 12.4. The van der Waals surface area contributed by atoms with E-state index in [1.54, 1.807) is 7.11 Å². The quantitative estimate of drug-likeness (QED) is 0.151. The molecular weight excluding hydrogens is 586 g/mol. The predicted octanol–water partition coefficient (Wildman–Crippen LogP) is 7.96. The summed E-state index contributed by atoms with van der Waals surface area (Å²) in [5.74, 6) is 1.60. The maximum absolute atomic E-state index is 13.6. The number of hydrogen-bond donors (Lipinski definition) is 1. The molecule has 7 nitrogen and oxygen atoms in total. The zero-order valence-electron chi connectivity index (χ0n) is 27.9. The number of rotatable bonds is 13. The molecule has 0 bridgehead atoms. The number of nitrogens with one attached hydrogen (secondary N) is 1. The minimum Gasteiger partial charge on any atom is -0.496 e. The number of benzene rings is 4. The van der Waals surface area contributed by atoms with E-state index in [1.807, 2.05) is 36.9 Å². The molecule has 1 saturated heterocycles. The smallest absolute Gasteiger partial charge is 0.258 e. The number of hydrogen-bond acceptors (Lipinski definition) is 6. The highest BCUT2D eigenvalue weighted by atomic mass is 16.7. The van der Waals surface area contributed by atoms with Gasteiger partial charge < -0.3 is 24.4 Å². The van der Waals surface area contributed by atoms with Gasteiger partial charge in [0.15, 0.2) is 6.29 Å². The summed E-state index contributed by atoms with van der Waals surface area (Å²) in [5.41, 5.74) is 8.76. The first-order chi connectivity index (χ1) is 23.1. The van der Waals surface area contributed by atoms with Crippen LogP contribution in [0.5, 0.6) is 5.75 Å². The fraction of sp³-hybridized carbons (Fsp3) is 0.375. The Morgan fingerprint density at radius 3 is 2.26 bits per heavy atom. The van der Waals surface area contributed by atoms with E-state index in [0.29, 0.717) is 32.2 Å². The van der Waals surface area contributed by atoms with Gasteiger partial charge in [0.05, 0.1) is 7.11 Å². The van der Waals surface area contributed by atoms with Crippen molar-refractivity contribution >= 4 is 17.3 Å². The minimum atomic E-state index is -0.327. The van der Waals surface area contributed by atoms with Gasteiger partial charge in [-0.25, -0.2) is 0 Å². The molecule has 2 heterocycles. The number of carbonyl (C=O) groups excluding carboxylic acids is 1. The third kappa shape index (κ3) is 7.87. The SMILES string of the molecule is CCOC(OCC)c1ccc(CNc2ccc3c(c2)CCN3C(=O)c2ccc(CN3CCC(c4ccccc4OC)CC3)cc2)cc1. The monoisotopic (exact) mass is 633 g/mol. The average Bonchev–Trinajstić information content (AvgIpc) is 3.54. The molecule has 2 aliphatic rings. The summed E-state index contributed by atoms with van der Waals surface area (Å²) in [6, 6.07) is 31.3. The lowest BCUT2D eigenvalue weighted by atomic mass is 9.88. The average molecular weight is 634 g/mol. The molecule has 0 unspecified atom stereocenters. The van der Waals surface area contributed by atoms with Gasteiger partial charge >= 0.3 is 0 Å². The Morgan fingerprint density at radius 2 is 1.55 bits per heavy atom. The zero-order valence-corrected chi connectivity index (χ0v) is 27.9. The number of amides is 1. The van der Waals surface area contributed by atoms with Gasteiger partial charge in [-0.2, -0.15) is 0 Å². The van der Waals surface area contributed by atoms with Gasteiger partial charge in [-0.1, -0.05) is 54.6 Å². The number of nitrogens with zero attached hydrogens (tertiary/aromatic N) is 2. The number of ether oxygens (including phenoxy) is 3. The van der Waals surface area contributed by atoms with Crippen molar-refractivity contribution in [1.82, 2.24) is 4.90 Å². The van der Waals surface area contributed by atoms with Gasteiger partial charge in [-0.15, -0.1) is 0 Å². The van der Waals surface area contributed by atoms with E-state index in [2.05, 4.69) is 83.0 Å². The van der Waals surface area contributed by atoms with Crippen molar-refractivity contribution in [1.29, 1.82) is 0 Å². The summed E-state index contributed by atoms with van der Waals surface area (Å²) < 4.78 is 17.0. The Kier molecular flexibility index (Phi) is 10.9. The number of likely N-dealkylation sites (tertiary alicyclic amines) is 1. The van der Waals surface area contributed by atoms with Crippen molar-refractivity contribution < 1.29 is 19.0 Å². The van der Waals surface area contributed by atoms with E-state index < -0.39 is 0 Å². The molecule has 0 spiro atoms.